The molecule has 0 saturated carbocycles. The molecular weight excluding hydrogens is 250 g/mol. The Balaban J connectivity index is 2.95. The van der Waals surface area contributed by atoms with Crippen LogP contribution in [0.5, 0.6) is 5.75 Å². The minimum Gasteiger partial charge on any atom is -0.508 e. The molecule has 1 rings (SSSR count). The number of aliphatic hydroxyl groups excluding tert-OH is 4. The topological polar surface area (TPSA) is 104 Å². The van der Waals surface area contributed by atoms with E-state index >= 15 is 0 Å². The molecule has 0 bridgehead atoms. The monoisotopic (exact) mass is 271 g/mol. The maximum absolute atomic E-state index is 9.77. The number of aryl methyl sites for hydroxylation is 1. The molecule has 0 aromatic heterocycles. The molecular formula is C13H21NO5. The lowest BCUT2D eigenvalue weighted by Gasteiger charge is -2.30. The number of aromatic hydroxyl groups is 1. The van der Waals surface area contributed by atoms with Gasteiger partial charge in [-0.05, 0) is 18.1 Å². The number of phenols is 1. The van der Waals surface area contributed by atoms with E-state index in [0.29, 0.717) is 5.56 Å². The van der Waals surface area contributed by atoms with Gasteiger partial charge in [0.15, 0.2) is 0 Å². The summed E-state index contributed by atoms with van der Waals surface area (Å²) in [6.45, 7) is 0.832. The van der Waals surface area contributed by atoms with Crippen LogP contribution in [0, 0.1) is 0 Å². The van der Waals surface area contributed by atoms with Crippen molar-refractivity contribution < 1.29 is 25.5 Å². The van der Waals surface area contributed by atoms with Gasteiger partial charge in [0.1, 0.15) is 18.2 Å². The number of hydrogen-bond acceptors (Lipinski definition) is 6. The van der Waals surface area contributed by atoms with Crippen molar-refractivity contribution in [3.63, 3.8) is 0 Å². The van der Waals surface area contributed by atoms with E-state index in [1.807, 2.05) is 6.92 Å². The van der Waals surface area contributed by atoms with E-state index in [1.54, 1.807) is 18.2 Å². The van der Waals surface area contributed by atoms with Gasteiger partial charge in [0.05, 0.1) is 13.2 Å². The van der Waals surface area contributed by atoms with Crippen molar-refractivity contribution in [2.45, 2.75) is 32.3 Å². The highest BCUT2D eigenvalue weighted by atomic mass is 16.4. The zero-order chi connectivity index (χ0) is 14.4. The van der Waals surface area contributed by atoms with Gasteiger partial charge in [-0.25, -0.2) is 4.90 Å². The largest absolute Gasteiger partial charge is 0.508 e. The Hall–Kier alpha value is -1.18. The summed E-state index contributed by atoms with van der Waals surface area (Å²) in [6.07, 6.45) is -1.84. The highest BCUT2D eigenvalue weighted by Crippen LogP contribution is 2.22. The molecule has 0 heterocycles. The first-order valence-electron chi connectivity index (χ1n) is 6.17. The third-order valence-corrected chi connectivity index (χ3v) is 3.00. The minimum atomic E-state index is -1.31. The highest BCUT2D eigenvalue weighted by molar-refractivity contribution is 5.36. The second-order valence-corrected chi connectivity index (χ2v) is 4.32. The number of rotatable bonds is 7. The molecule has 0 fully saturated rings. The summed E-state index contributed by atoms with van der Waals surface area (Å²) in [5.74, 6) is 0.0393. The van der Waals surface area contributed by atoms with E-state index < -0.39 is 25.7 Å². The fraction of sp³-hybridized carbons (Fsp3) is 0.538. The first-order valence-corrected chi connectivity index (χ1v) is 6.17. The molecule has 0 amide bonds. The molecule has 0 spiro atoms. The number of benzene rings is 1. The third-order valence-electron chi connectivity index (χ3n) is 3.00. The molecule has 0 aliphatic carbocycles. The van der Waals surface area contributed by atoms with Crippen LogP contribution in [-0.4, -0.2) is 56.1 Å². The Morgan fingerprint density at radius 3 is 2.16 bits per heavy atom. The van der Waals surface area contributed by atoms with Crippen LogP contribution < -0.4 is 0 Å². The van der Waals surface area contributed by atoms with Crippen molar-refractivity contribution in [3.8, 4) is 5.75 Å². The zero-order valence-electron chi connectivity index (χ0n) is 10.9. The van der Waals surface area contributed by atoms with Crippen LogP contribution >= 0.6 is 0 Å². The summed E-state index contributed by atoms with van der Waals surface area (Å²) in [7, 11) is 0. The van der Waals surface area contributed by atoms with Gasteiger partial charge >= 0.3 is 0 Å². The predicted octanol–water partition coefficient (Wildman–Crippen LogP) is -0.622. The van der Waals surface area contributed by atoms with Crippen molar-refractivity contribution in [2.75, 3.05) is 13.2 Å². The van der Waals surface area contributed by atoms with Gasteiger partial charge in [-0.15, -0.1) is 0 Å². The lowest BCUT2D eigenvalue weighted by atomic mass is 10.1. The Labute approximate surface area is 112 Å². The molecule has 5 N–H and O–H groups in total. The summed E-state index contributed by atoms with van der Waals surface area (Å²) in [5.41, 5.74) is 1.52. The van der Waals surface area contributed by atoms with E-state index in [0.717, 1.165) is 16.9 Å². The minimum absolute atomic E-state index is 0.0170. The van der Waals surface area contributed by atoms with Gasteiger partial charge in [0, 0.05) is 12.1 Å². The van der Waals surface area contributed by atoms with Gasteiger partial charge in [0.25, 0.3) is 0 Å². The van der Waals surface area contributed by atoms with Crippen LogP contribution in [0.25, 0.3) is 0 Å². The molecule has 0 radical (unpaired) electrons. The van der Waals surface area contributed by atoms with E-state index in [4.69, 9.17) is 10.2 Å². The average Bonchev–Trinajstić information content (AvgIpc) is 2.44. The summed E-state index contributed by atoms with van der Waals surface area (Å²) >= 11 is 0. The van der Waals surface area contributed by atoms with Crippen LogP contribution in [0.2, 0.25) is 0 Å². The van der Waals surface area contributed by atoms with Gasteiger partial charge in [0.2, 0.25) is 0 Å². The molecule has 2 atom stereocenters. The normalized spacial score (nSPS) is 14.6. The van der Waals surface area contributed by atoms with Crippen LogP contribution in [-0.2, 0) is 13.0 Å². The average molecular weight is 271 g/mol. The smallest absolute Gasteiger partial charge is 0.133 e. The number of nitrogens with zero attached hydrogens (tertiary/aromatic N) is 1. The second-order valence-electron chi connectivity index (χ2n) is 4.32. The molecule has 108 valence electrons. The molecule has 0 aliphatic rings. The van der Waals surface area contributed by atoms with Crippen molar-refractivity contribution in [1.82, 2.24) is 4.90 Å². The van der Waals surface area contributed by atoms with Crippen LogP contribution in [0.4, 0.5) is 0 Å². The van der Waals surface area contributed by atoms with E-state index in [9.17, 15) is 15.3 Å². The van der Waals surface area contributed by atoms with E-state index in [2.05, 4.69) is 0 Å². The van der Waals surface area contributed by atoms with Crippen molar-refractivity contribution in [1.29, 1.82) is 0 Å². The van der Waals surface area contributed by atoms with Gasteiger partial charge in [-0.1, -0.05) is 19.1 Å². The van der Waals surface area contributed by atoms with Crippen LogP contribution in [0.1, 0.15) is 18.1 Å². The quantitative estimate of drug-likeness (QED) is 0.423. The Kier molecular flexibility index (Phi) is 6.20. The fourth-order valence-corrected chi connectivity index (χ4v) is 1.80. The van der Waals surface area contributed by atoms with Gasteiger partial charge in [-0.2, -0.15) is 0 Å². The van der Waals surface area contributed by atoms with E-state index in [1.165, 1.54) is 0 Å². The molecule has 6 heteroatoms. The lowest BCUT2D eigenvalue weighted by molar-refractivity contribution is -0.138. The second kappa shape index (κ2) is 7.42. The molecule has 19 heavy (non-hydrogen) atoms. The van der Waals surface area contributed by atoms with Crippen LogP contribution in [0.15, 0.2) is 18.2 Å². The standard InChI is InChI=1S/C13H21NO5/c1-2-9-3-4-11(17)10(5-9)6-14(12(18)7-15)13(19)8-16/h3-5,12-13,15-19H,2,6-8H2,1H3. The highest BCUT2D eigenvalue weighted by Gasteiger charge is 2.23. The van der Waals surface area contributed by atoms with Gasteiger partial charge < -0.3 is 25.5 Å². The van der Waals surface area contributed by atoms with Crippen LogP contribution in [0.3, 0.4) is 0 Å². The first-order chi connectivity index (χ1) is 9.03. The number of hydrogen-bond donors (Lipinski definition) is 5. The number of phenolic OH excluding ortho intramolecular Hbond substituents is 1. The molecule has 1 aromatic carbocycles. The lowest BCUT2D eigenvalue weighted by Crippen LogP contribution is -2.46. The molecule has 2 unspecified atom stereocenters. The summed E-state index contributed by atoms with van der Waals surface area (Å²) in [6, 6.07) is 5.09. The maximum Gasteiger partial charge on any atom is 0.133 e. The molecule has 0 saturated heterocycles. The SMILES string of the molecule is CCc1ccc(O)c(CN(C(O)CO)C(O)CO)c1. The van der Waals surface area contributed by atoms with Crippen molar-refractivity contribution in [2.24, 2.45) is 0 Å². The summed E-state index contributed by atoms with van der Waals surface area (Å²) in [5, 5.41) is 46.9. The zero-order valence-corrected chi connectivity index (χ0v) is 10.9. The third kappa shape index (κ3) is 4.15. The first kappa shape index (κ1) is 15.9. The van der Waals surface area contributed by atoms with Crippen molar-refractivity contribution in [3.05, 3.63) is 29.3 Å². The molecule has 6 nitrogen and oxygen atoms in total. The Bertz CT molecular complexity index is 389. The Morgan fingerprint density at radius 1 is 1.11 bits per heavy atom. The van der Waals surface area contributed by atoms with Crippen molar-refractivity contribution >= 4 is 0 Å². The fourth-order valence-electron chi connectivity index (χ4n) is 1.80. The number of aliphatic hydroxyl groups is 4. The summed E-state index contributed by atoms with van der Waals surface area (Å²) in [4.78, 5) is 1.11. The molecule has 1 aromatic rings. The van der Waals surface area contributed by atoms with E-state index in [-0.39, 0.29) is 12.3 Å². The summed E-state index contributed by atoms with van der Waals surface area (Å²) < 4.78 is 0. The molecule has 0 aliphatic heterocycles. The predicted molar refractivity (Wildman–Crippen MR) is 69.2 cm³/mol. The Morgan fingerprint density at radius 2 is 1.68 bits per heavy atom. The maximum atomic E-state index is 9.77. The van der Waals surface area contributed by atoms with Gasteiger partial charge in [-0.3, -0.25) is 0 Å².